The van der Waals surface area contributed by atoms with Crippen LogP contribution >= 0.6 is 0 Å². The third-order valence-electron chi connectivity index (χ3n) is 3.55. The minimum Gasteiger partial charge on any atom is -0.490 e. The average molecular weight is 363 g/mol. The number of benzene rings is 1. The molecule has 1 amide bonds. The first-order valence-corrected chi connectivity index (χ1v) is 8.93. The van der Waals surface area contributed by atoms with Gasteiger partial charge in [0, 0.05) is 5.69 Å². The van der Waals surface area contributed by atoms with Crippen molar-refractivity contribution in [1.29, 1.82) is 0 Å². The minimum absolute atomic E-state index is 0.193. The van der Waals surface area contributed by atoms with Crippen LogP contribution in [0.2, 0.25) is 0 Å². The van der Waals surface area contributed by atoms with Crippen molar-refractivity contribution in [2.75, 3.05) is 5.32 Å². The van der Waals surface area contributed by atoms with Gasteiger partial charge in [0.05, 0.1) is 6.42 Å². The number of amides is 1. The number of carbonyl (C=O) groups excluding carboxylic acids is 2. The summed E-state index contributed by atoms with van der Waals surface area (Å²) in [4.78, 5) is 23.8. The summed E-state index contributed by atoms with van der Waals surface area (Å²) >= 11 is 0. The van der Waals surface area contributed by atoms with E-state index in [-0.39, 0.29) is 18.5 Å². The Morgan fingerprint density at radius 1 is 1.12 bits per heavy atom. The van der Waals surface area contributed by atoms with Crippen LogP contribution in [0.3, 0.4) is 0 Å². The van der Waals surface area contributed by atoms with Crippen LogP contribution in [-0.4, -0.2) is 29.4 Å². The fraction of sp³-hybridized carbons (Fsp3) is 0.600. The van der Waals surface area contributed by atoms with Gasteiger partial charge in [0.1, 0.15) is 23.1 Å². The number of hydrogen-bond acceptors (Lipinski definition) is 5. The first-order chi connectivity index (χ1) is 11.9. The van der Waals surface area contributed by atoms with Crippen LogP contribution in [0.25, 0.3) is 0 Å². The van der Waals surface area contributed by atoms with Crippen molar-refractivity contribution in [2.45, 2.75) is 78.1 Å². The van der Waals surface area contributed by atoms with Gasteiger partial charge in [-0.2, -0.15) is 0 Å². The van der Waals surface area contributed by atoms with E-state index in [1.54, 1.807) is 6.07 Å². The molecule has 0 saturated carbocycles. The fourth-order valence-corrected chi connectivity index (χ4v) is 2.66. The highest BCUT2D eigenvalue weighted by Crippen LogP contribution is 2.31. The lowest BCUT2D eigenvalue weighted by atomic mass is 10.00. The zero-order valence-electron chi connectivity index (χ0n) is 16.5. The van der Waals surface area contributed by atoms with Crippen molar-refractivity contribution >= 4 is 17.7 Å². The molecule has 144 valence electrons. The van der Waals surface area contributed by atoms with E-state index in [9.17, 15) is 9.59 Å². The normalized spacial score (nSPS) is 16.9. The van der Waals surface area contributed by atoms with Gasteiger partial charge in [0.15, 0.2) is 0 Å². The summed E-state index contributed by atoms with van der Waals surface area (Å²) in [6.45, 7) is 11.0. The monoisotopic (exact) mass is 363 g/mol. The van der Waals surface area contributed by atoms with Gasteiger partial charge in [-0.25, -0.2) is 4.79 Å². The lowest BCUT2D eigenvalue weighted by molar-refractivity contribution is -0.156. The van der Waals surface area contributed by atoms with Gasteiger partial charge in [0.25, 0.3) is 0 Å². The number of fused-ring (bicyclic) bond motifs is 1. The molecule has 26 heavy (non-hydrogen) atoms. The zero-order chi connectivity index (χ0) is 19.5. The maximum atomic E-state index is 12.0. The molecule has 6 heteroatoms. The highest BCUT2D eigenvalue weighted by Gasteiger charge is 2.26. The summed E-state index contributed by atoms with van der Waals surface area (Å²) in [6.07, 6.45) is 1.04. The molecule has 1 aromatic carbocycles. The molecule has 1 N–H and O–H groups in total. The van der Waals surface area contributed by atoms with E-state index in [4.69, 9.17) is 14.2 Å². The van der Waals surface area contributed by atoms with Gasteiger partial charge >= 0.3 is 12.1 Å². The number of esters is 1. The molecule has 0 fully saturated rings. The van der Waals surface area contributed by atoms with Crippen LogP contribution in [0.15, 0.2) is 18.2 Å². The molecular formula is C20H29NO5. The number of ether oxygens (including phenoxy) is 3. The lowest BCUT2D eigenvalue weighted by Gasteiger charge is -2.27. The molecule has 1 atom stereocenters. The van der Waals surface area contributed by atoms with Crippen molar-refractivity contribution < 1.29 is 23.8 Å². The second-order valence-corrected chi connectivity index (χ2v) is 8.52. The zero-order valence-corrected chi connectivity index (χ0v) is 16.5. The predicted molar refractivity (Wildman–Crippen MR) is 99.5 cm³/mol. The number of rotatable bonds is 3. The minimum atomic E-state index is -0.545. The Hall–Kier alpha value is -2.24. The number of nitrogens with one attached hydrogen (secondary N) is 1. The highest BCUT2D eigenvalue weighted by atomic mass is 16.6. The predicted octanol–water partition coefficient (Wildman–Crippen LogP) is 4.46. The second kappa shape index (κ2) is 7.56. The van der Waals surface area contributed by atoms with Crippen LogP contribution < -0.4 is 10.1 Å². The van der Waals surface area contributed by atoms with E-state index < -0.39 is 17.3 Å². The Kier molecular flexibility index (Phi) is 5.84. The summed E-state index contributed by atoms with van der Waals surface area (Å²) in [6, 6.07) is 5.45. The van der Waals surface area contributed by atoms with Crippen LogP contribution in [0.5, 0.6) is 5.75 Å². The van der Waals surface area contributed by atoms with E-state index in [0.29, 0.717) is 5.69 Å². The summed E-state index contributed by atoms with van der Waals surface area (Å²) in [5.41, 5.74) is 0.619. The lowest BCUT2D eigenvalue weighted by Crippen LogP contribution is -2.30. The number of hydrogen-bond donors (Lipinski definition) is 1. The molecule has 1 unspecified atom stereocenters. The Morgan fingerprint density at radius 3 is 2.38 bits per heavy atom. The molecule has 1 aliphatic heterocycles. The molecule has 1 heterocycles. The molecule has 0 spiro atoms. The molecule has 0 aliphatic carbocycles. The van der Waals surface area contributed by atoms with E-state index >= 15 is 0 Å². The van der Waals surface area contributed by atoms with Crippen molar-refractivity contribution in [3.63, 3.8) is 0 Å². The van der Waals surface area contributed by atoms with E-state index in [1.807, 2.05) is 53.7 Å². The SMILES string of the molecule is CC(C)(C)OC(=O)CC1CCc2cc(NC(=O)OC(C)(C)C)ccc2O1. The smallest absolute Gasteiger partial charge is 0.412 e. The van der Waals surface area contributed by atoms with Crippen LogP contribution in [0.4, 0.5) is 10.5 Å². The van der Waals surface area contributed by atoms with Crippen molar-refractivity contribution in [3.8, 4) is 5.75 Å². The molecule has 0 bridgehead atoms. The van der Waals surface area contributed by atoms with E-state index in [1.165, 1.54) is 0 Å². The Balaban J connectivity index is 1.94. The second-order valence-electron chi connectivity index (χ2n) is 8.52. The molecule has 0 aromatic heterocycles. The van der Waals surface area contributed by atoms with Crippen LogP contribution in [0.1, 0.15) is 59.9 Å². The topological polar surface area (TPSA) is 73.9 Å². The van der Waals surface area contributed by atoms with Crippen molar-refractivity contribution in [3.05, 3.63) is 23.8 Å². The number of anilines is 1. The molecule has 6 nitrogen and oxygen atoms in total. The molecule has 1 aromatic rings. The van der Waals surface area contributed by atoms with Crippen molar-refractivity contribution in [1.82, 2.24) is 0 Å². The molecule has 0 saturated heterocycles. The summed E-state index contributed by atoms with van der Waals surface area (Å²) < 4.78 is 16.5. The average Bonchev–Trinajstić information content (AvgIpc) is 2.43. The molecule has 0 radical (unpaired) electrons. The number of carbonyl (C=O) groups is 2. The number of aryl methyl sites for hydroxylation is 1. The van der Waals surface area contributed by atoms with Gasteiger partial charge in [0.2, 0.25) is 0 Å². The first kappa shape index (κ1) is 20.1. The third kappa shape index (κ3) is 6.58. The van der Waals surface area contributed by atoms with E-state index in [2.05, 4.69) is 5.32 Å². The maximum absolute atomic E-state index is 12.0. The molecular weight excluding hydrogens is 334 g/mol. The summed E-state index contributed by atoms with van der Waals surface area (Å²) in [7, 11) is 0. The van der Waals surface area contributed by atoms with Gasteiger partial charge in [-0.15, -0.1) is 0 Å². The van der Waals surface area contributed by atoms with Crippen LogP contribution in [-0.2, 0) is 20.7 Å². The largest absolute Gasteiger partial charge is 0.490 e. The standard InChI is InChI=1S/C20H29NO5/c1-19(2,3)25-17(22)12-15-9-7-13-11-14(8-10-16(13)24-15)21-18(23)26-20(4,5)6/h8,10-11,15H,7,9,12H2,1-6H3,(H,21,23). The van der Waals surface area contributed by atoms with Crippen molar-refractivity contribution in [2.24, 2.45) is 0 Å². The van der Waals surface area contributed by atoms with Gasteiger partial charge in [-0.05, 0) is 78.1 Å². The van der Waals surface area contributed by atoms with Gasteiger partial charge < -0.3 is 14.2 Å². The first-order valence-electron chi connectivity index (χ1n) is 8.93. The Bertz CT molecular complexity index is 670. The highest BCUT2D eigenvalue weighted by molar-refractivity contribution is 5.85. The van der Waals surface area contributed by atoms with Gasteiger partial charge in [-0.3, -0.25) is 10.1 Å². The Labute approximate surface area is 155 Å². The third-order valence-corrected chi connectivity index (χ3v) is 3.55. The van der Waals surface area contributed by atoms with E-state index in [0.717, 1.165) is 24.2 Å². The summed E-state index contributed by atoms with van der Waals surface area (Å²) in [5.74, 6) is 0.480. The quantitative estimate of drug-likeness (QED) is 0.803. The maximum Gasteiger partial charge on any atom is 0.412 e. The Morgan fingerprint density at radius 2 is 1.77 bits per heavy atom. The fourth-order valence-electron chi connectivity index (χ4n) is 2.66. The summed E-state index contributed by atoms with van der Waals surface area (Å²) in [5, 5.41) is 2.73. The molecule has 1 aliphatic rings. The van der Waals surface area contributed by atoms with Crippen LogP contribution in [0, 0.1) is 0 Å². The van der Waals surface area contributed by atoms with Gasteiger partial charge in [-0.1, -0.05) is 0 Å². The molecule has 2 rings (SSSR count).